The minimum atomic E-state index is 0.817. The number of nitrogens with two attached hydrogens (primary N) is 1. The largest absolute Gasteiger partial charge is 0.399 e. The van der Waals surface area contributed by atoms with Gasteiger partial charge in [0.05, 0.1) is 0 Å². The lowest BCUT2D eigenvalue weighted by Crippen LogP contribution is -1.96. The minimum absolute atomic E-state index is 0.817. The summed E-state index contributed by atoms with van der Waals surface area (Å²) in [7, 11) is 0. The van der Waals surface area contributed by atoms with Gasteiger partial charge in [-0.3, -0.25) is 0 Å². The van der Waals surface area contributed by atoms with Crippen LogP contribution in [0, 0.1) is 0 Å². The van der Waals surface area contributed by atoms with Gasteiger partial charge >= 0.3 is 0 Å². The number of aryl methyl sites for hydroxylation is 2. The second-order valence-electron chi connectivity index (χ2n) is 3.54. The Balaban J connectivity index is 1.81. The van der Waals surface area contributed by atoms with E-state index in [1.54, 1.807) is 12.7 Å². The second-order valence-corrected chi connectivity index (χ2v) is 3.54. The molecule has 2 N–H and O–H groups in total. The van der Waals surface area contributed by atoms with Crippen molar-refractivity contribution in [3.63, 3.8) is 0 Å². The molecule has 15 heavy (non-hydrogen) atoms. The molecule has 0 aliphatic heterocycles. The number of hydrogen-bond donors (Lipinski definition) is 1. The van der Waals surface area contributed by atoms with Crippen LogP contribution in [0.3, 0.4) is 0 Å². The number of aromatic nitrogens is 3. The topological polar surface area (TPSA) is 56.7 Å². The van der Waals surface area contributed by atoms with Crippen molar-refractivity contribution in [2.24, 2.45) is 0 Å². The van der Waals surface area contributed by atoms with Gasteiger partial charge < -0.3 is 10.3 Å². The van der Waals surface area contributed by atoms with E-state index in [9.17, 15) is 0 Å². The summed E-state index contributed by atoms with van der Waals surface area (Å²) in [5.74, 6) is 0. The maximum Gasteiger partial charge on any atom is 0.119 e. The summed E-state index contributed by atoms with van der Waals surface area (Å²) in [4.78, 5) is 0. The Morgan fingerprint density at radius 3 is 2.40 bits per heavy atom. The molecule has 0 saturated carbocycles. The molecule has 1 aromatic heterocycles. The van der Waals surface area contributed by atoms with Crippen LogP contribution in [0.1, 0.15) is 12.0 Å². The Bertz CT molecular complexity index is 391. The average Bonchev–Trinajstić information content (AvgIpc) is 2.74. The zero-order chi connectivity index (χ0) is 10.5. The number of benzene rings is 1. The molecule has 1 heterocycles. The molecule has 0 bridgehead atoms. The number of nitrogen functional groups attached to an aromatic ring is 1. The Morgan fingerprint density at radius 1 is 1.07 bits per heavy atom. The molecule has 0 fully saturated rings. The van der Waals surface area contributed by atoms with Gasteiger partial charge in [0, 0.05) is 12.2 Å². The summed E-state index contributed by atoms with van der Waals surface area (Å²) < 4.78 is 1.98. The van der Waals surface area contributed by atoms with E-state index in [1.165, 1.54) is 5.56 Å². The Kier molecular flexibility index (Phi) is 2.97. The summed E-state index contributed by atoms with van der Waals surface area (Å²) in [6.45, 7) is 0.956. The van der Waals surface area contributed by atoms with E-state index in [2.05, 4.69) is 22.3 Å². The lowest BCUT2D eigenvalue weighted by molar-refractivity contribution is 0.640. The van der Waals surface area contributed by atoms with Crippen LogP contribution in [-0.2, 0) is 13.0 Å². The van der Waals surface area contributed by atoms with Crippen LogP contribution in [0.4, 0.5) is 5.69 Å². The molecule has 0 amide bonds. The zero-order valence-electron chi connectivity index (χ0n) is 8.50. The molecule has 2 rings (SSSR count). The number of hydrogen-bond acceptors (Lipinski definition) is 3. The van der Waals surface area contributed by atoms with Crippen molar-refractivity contribution in [2.75, 3.05) is 5.73 Å². The highest BCUT2D eigenvalue weighted by Crippen LogP contribution is 2.08. The highest BCUT2D eigenvalue weighted by Gasteiger charge is 1.94. The first kappa shape index (κ1) is 9.71. The van der Waals surface area contributed by atoms with Crippen LogP contribution in [0.25, 0.3) is 0 Å². The van der Waals surface area contributed by atoms with E-state index in [0.717, 1.165) is 25.1 Å². The highest BCUT2D eigenvalue weighted by atomic mass is 15.2. The van der Waals surface area contributed by atoms with Crippen LogP contribution in [-0.4, -0.2) is 14.8 Å². The van der Waals surface area contributed by atoms with E-state index in [0.29, 0.717) is 0 Å². The Labute approximate surface area is 88.8 Å². The van der Waals surface area contributed by atoms with Crippen molar-refractivity contribution in [2.45, 2.75) is 19.4 Å². The molecule has 2 aromatic rings. The summed E-state index contributed by atoms with van der Waals surface area (Å²) in [6, 6.07) is 8.02. The van der Waals surface area contributed by atoms with E-state index in [4.69, 9.17) is 5.73 Å². The van der Waals surface area contributed by atoms with Gasteiger partial charge in [0.2, 0.25) is 0 Å². The third-order valence-corrected chi connectivity index (χ3v) is 2.33. The SMILES string of the molecule is Nc1ccc(CCCn2cnnc2)cc1. The maximum atomic E-state index is 5.61. The monoisotopic (exact) mass is 202 g/mol. The average molecular weight is 202 g/mol. The lowest BCUT2D eigenvalue weighted by atomic mass is 10.1. The number of anilines is 1. The first-order valence-corrected chi connectivity index (χ1v) is 5.01. The van der Waals surface area contributed by atoms with Gasteiger partial charge in [-0.15, -0.1) is 10.2 Å². The van der Waals surface area contributed by atoms with Crippen LogP contribution in [0.2, 0.25) is 0 Å². The van der Waals surface area contributed by atoms with Crippen LogP contribution < -0.4 is 5.73 Å². The van der Waals surface area contributed by atoms with E-state index in [-0.39, 0.29) is 0 Å². The first-order valence-electron chi connectivity index (χ1n) is 5.01. The van der Waals surface area contributed by atoms with Gasteiger partial charge in [0.15, 0.2) is 0 Å². The van der Waals surface area contributed by atoms with Crippen LogP contribution >= 0.6 is 0 Å². The van der Waals surface area contributed by atoms with Crippen molar-refractivity contribution in [3.8, 4) is 0 Å². The Morgan fingerprint density at radius 2 is 1.73 bits per heavy atom. The summed E-state index contributed by atoms with van der Waals surface area (Å²) in [5.41, 5.74) is 7.75. The standard InChI is InChI=1S/C11H14N4/c12-11-5-3-10(4-6-11)2-1-7-15-8-13-14-9-15/h3-6,8-9H,1-2,7,12H2. The van der Waals surface area contributed by atoms with Crippen molar-refractivity contribution < 1.29 is 0 Å². The normalized spacial score (nSPS) is 10.4. The maximum absolute atomic E-state index is 5.61. The quantitative estimate of drug-likeness (QED) is 0.764. The van der Waals surface area contributed by atoms with E-state index < -0.39 is 0 Å². The predicted molar refractivity (Wildman–Crippen MR) is 59.2 cm³/mol. The van der Waals surface area contributed by atoms with Gasteiger partial charge in [0.25, 0.3) is 0 Å². The fourth-order valence-corrected chi connectivity index (χ4v) is 1.49. The van der Waals surface area contributed by atoms with Crippen LogP contribution in [0.5, 0.6) is 0 Å². The third-order valence-electron chi connectivity index (χ3n) is 2.33. The predicted octanol–water partition coefficient (Wildman–Crippen LogP) is 1.49. The molecule has 1 aromatic carbocycles. The molecule has 0 aliphatic rings. The molecule has 0 radical (unpaired) electrons. The fourth-order valence-electron chi connectivity index (χ4n) is 1.49. The molecule has 0 atom stereocenters. The summed E-state index contributed by atoms with van der Waals surface area (Å²) in [6.07, 6.45) is 5.62. The second kappa shape index (κ2) is 4.59. The van der Waals surface area contributed by atoms with E-state index >= 15 is 0 Å². The molecule has 0 aliphatic carbocycles. The molecular weight excluding hydrogens is 188 g/mol. The number of nitrogens with zero attached hydrogens (tertiary/aromatic N) is 3. The van der Waals surface area contributed by atoms with Crippen molar-refractivity contribution in [1.29, 1.82) is 0 Å². The summed E-state index contributed by atoms with van der Waals surface area (Å²) in [5, 5.41) is 7.51. The highest BCUT2D eigenvalue weighted by molar-refractivity contribution is 5.39. The first-order chi connectivity index (χ1) is 7.34. The van der Waals surface area contributed by atoms with E-state index in [1.807, 2.05) is 16.7 Å². The summed E-state index contributed by atoms with van der Waals surface area (Å²) >= 11 is 0. The van der Waals surface area contributed by atoms with Crippen LogP contribution in [0.15, 0.2) is 36.9 Å². The Hall–Kier alpha value is -1.84. The molecule has 4 heteroatoms. The molecular formula is C11H14N4. The van der Waals surface area contributed by atoms with Gasteiger partial charge in [-0.2, -0.15) is 0 Å². The molecule has 78 valence electrons. The van der Waals surface area contributed by atoms with Gasteiger partial charge in [0.1, 0.15) is 12.7 Å². The fraction of sp³-hybridized carbons (Fsp3) is 0.273. The van der Waals surface area contributed by atoms with Gasteiger partial charge in [-0.1, -0.05) is 12.1 Å². The lowest BCUT2D eigenvalue weighted by Gasteiger charge is -2.02. The van der Waals surface area contributed by atoms with Gasteiger partial charge in [-0.05, 0) is 30.5 Å². The van der Waals surface area contributed by atoms with Crippen molar-refractivity contribution in [3.05, 3.63) is 42.5 Å². The molecule has 0 saturated heterocycles. The van der Waals surface area contributed by atoms with Crippen molar-refractivity contribution in [1.82, 2.24) is 14.8 Å². The molecule has 0 unspecified atom stereocenters. The van der Waals surface area contributed by atoms with Gasteiger partial charge in [-0.25, -0.2) is 0 Å². The third kappa shape index (κ3) is 2.80. The molecule has 4 nitrogen and oxygen atoms in total. The number of rotatable bonds is 4. The smallest absolute Gasteiger partial charge is 0.119 e. The minimum Gasteiger partial charge on any atom is -0.399 e. The van der Waals surface area contributed by atoms with Crippen molar-refractivity contribution >= 4 is 5.69 Å². The molecule has 0 spiro atoms. The zero-order valence-corrected chi connectivity index (χ0v) is 8.50.